The summed E-state index contributed by atoms with van der Waals surface area (Å²) in [4.78, 5) is 0. The van der Waals surface area contributed by atoms with E-state index in [1.54, 1.807) is 0 Å². The summed E-state index contributed by atoms with van der Waals surface area (Å²) in [6.45, 7) is 3.26. The molecule has 0 heterocycles. The molecule has 64 valence electrons. The van der Waals surface area contributed by atoms with Gasteiger partial charge in [-0.15, -0.1) is 0 Å². The Morgan fingerprint density at radius 1 is 1.55 bits per heavy atom. The average Bonchev–Trinajstić information content (AvgIpc) is 2.59. The molecule has 0 aromatic heterocycles. The van der Waals surface area contributed by atoms with Crippen LogP contribution in [0.2, 0.25) is 0 Å². The van der Waals surface area contributed by atoms with Gasteiger partial charge in [-0.1, -0.05) is 6.92 Å². The van der Waals surface area contributed by atoms with Crippen molar-refractivity contribution < 1.29 is 5.11 Å². The summed E-state index contributed by atoms with van der Waals surface area (Å²) in [6, 6.07) is 0. The zero-order valence-electron chi connectivity index (χ0n) is 7.14. The predicted molar refractivity (Wildman–Crippen MR) is 44.0 cm³/mol. The molecule has 2 nitrogen and oxygen atoms in total. The Hall–Kier alpha value is -0.0800. The van der Waals surface area contributed by atoms with Crippen LogP contribution in [0.3, 0.4) is 0 Å². The maximum Gasteiger partial charge on any atom is 0.0505 e. The number of aliphatic hydroxyl groups excluding tert-OH is 1. The lowest BCUT2D eigenvalue weighted by molar-refractivity contribution is 0.0890. The summed E-state index contributed by atoms with van der Waals surface area (Å²) in [5, 5.41) is 9.16. The standard InChI is InChI=1S/C9H17NO/c1-7-2-8(3-7)4-9(8,5-10)6-11/h7,11H,2-6,10H2,1H3. The molecule has 0 aromatic carbocycles. The fourth-order valence-electron chi connectivity index (χ4n) is 3.03. The highest BCUT2D eigenvalue weighted by molar-refractivity contribution is 5.19. The number of rotatable bonds is 2. The van der Waals surface area contributed by atoms with Crippen molar-refractivity contribution in [3.05, 3.63) is 0 Å². The lowest BCUT2D eigenvalue weighted by Gasteiger charge is -2.37. The first-order valence-corrected chi connectivity index (χ1v) is 4.49. The van der Waals surface area contributed by atoms with E-state index < -0.39 is 0 Å². The van der Waals surface area contributed by atoms with Crippen LogP contribution in [0.4, 0.5) is 0 Å². The van der Waals surface area contributed by atoms with Gasteiger partial charge in [0.2, 0.25) is 0 Å². The quantitative estimate of drug-likeness (QED) is 0.618. The monoisotopic (exact) mass is 155 g/mol. The van der Waals surface area contributed by atoms with E-state index in [0.29, 0.717) is 18.6 Å². The van der Waals surface area contributed by atoms with E-state index in [2.05, 4.69) is 6.92 Å². The summed E-state index contributed by atoms with van der Waals surface area (Å²) in [7, 11) is 0. The molecule has 2 fully saturated rings. The van der Waals surface area contributed by atoms with Gasteiger partial charge in [-0.3, -0.25) is 0 Å². The highest BCUT2D eigenvalue weighted by Gasteiger charge is 2.69. The molecule has 2 heteroatoms. The van der Waals surface area contributed by atoms with Crippen LogP contribution >= 0.6 is 0 Å². The van der Waals surface area contributed by atoms with Gasteiger partial charge in [0.05, 0.1) is 6.61 Å². The van der Waals surface area contributed by atoms with Crippen molar-refractivity contribution in [2.24, 2.45) is 22.5 Å². The third kappa shape index (κ3) is 0.744. The maximum absolute atomic E-state index is 9.16. The second-order valence-corrected chi connectivity index (χ2v) is 4.61. The highest BCUT2D eigenvalue weighted by atomic mass is 16.3. The minimum Gasteiger partial charge on any atom is -0.396 e. The van der Waals surface area contributed by atoms with Crippen LogP contribution in [-0.2, 0) is 0 Å². The molecule has 0 bridgehead atoms. The Kier molecular flexibility index (Phi) is 1.37. The van der Waals surface area contributed by atoms with Crippen molar-refractivity contribution in [2.45, 2.75) is 26.2 Å². The van der Waals surface area contributed by atoms with Gasteiger partial charge in [-0.2, -0.15) is 0 Å². The Labute approximate surface area is 67.8 Å². The van der Waals surface area contributed by atoms with Gasteiger partial charge >= 0.3 is 0 Å². The first-order valence-electron chi connectivity index (χ1n) is 4.49. The van der Waals surface area contributed by atoms with Gasteiger partial charge in [0.25, 0.3) is 0 Å². The molecule has 1 spiro atoms. The van der Waals surface area contributed by atoms with Crippen molar-refractivity contribution in [1.82, 2.24) is 0 Å². The zero-order chi connectivity index (χ0) is 8.11. The molecule has 2 aliphatic rings. The largest absolute Gasteiger partial charge is 0.396 e. The third-order valence-electron chi connectivity index (χ3n) is 3.85. The zero-order valence-corrected chi connectivity index (χ0v) is 7.14. The number of aliphatic hydroxyl groups is 1. The van der Waals surface area contributed by atoms with E-state index in [4.69, 9.17) is 10.8 Å². The van der Waals surface area contributed by atoms with Crippen LogP contribution in [-0.4, -0.2) is 18.3 Å². The Bertz CT molecular complexity index is 168. The van der Waals surface area contributed by atoms with E-state index in [-0.39, 0.29) is 5.41 Å². The second kappa shape index (κ2) is 1.99. The molecular formula is C9H17NO. The van der Waals surface area contributed by atoms with Crippen LogP contribution in [0.1, 0.15) is 26.2 Å². The van der Waals surface area contributed by atoms with Crippen molar-refractivity contribution in [3.8, 4) is 0 Å². The number of hydrogen-bond donors (Lipinski definition) is 2. The fraction of sp³-hybridized carbons (Fsp3) is 1.00. The third-order valence-corrected chi connectivity index (χ3v) is 3.85. The molecule has 1 unspecified atom stereocenters. The van der Waals surface area contributed by atoms with Gasteiger partial charge in [-0.25, -0.2) is 0 Å². The molecule has 2 saturated carbocycles. The van der Waals surface area contributed by atoms with Crippen molar-refractivity contribution in [1.29, 1.82) is 0 Å². The molecule has 0 amide bonds. The van der Waals surface area contributed by atoms with E-state index in [0.717, 1.165) is 5.92 Å². The summed E-state index contributed by atoms with van der Waals surface area (Å²) < 4.78 is 0. The summed E-state index contributed by atoms with van der Waals surface area (Å²) in [6.07, 6.45) is 3.77. The highest BCUT2D eigenvalue weighted by Crippen LogP contribution is 2.74. The summed E-state index contributed by atoms with van der Waals surface area (Å²) in [5.74, 6) is 0.870. The molecule has 0 saturated heterocycles. The van der Waals surface area contributed by atoms with Gasteiger partial charge in [0.1, 0.15) is 0 Å². The van der Waals surface area contributed by atoms with Gasteiger partial charge in [0, 0.05) is 12.0 Å². The molecule has 1 atom stereocenters. The normalized spacial score (nSPS) is 54.3. The smallest absolute Gasteiger partial charge is 0.0505 e. The molecule has 11 heavy (non-hydrogen) atoms. The average molecular weight is 155 g/mol. The van der Waals surface area contributed by atoms with Crippen LogP contribution < -0.4 is 5.73 Å². The number of nitrogens with two attached hydrogens (primary N) is 1. The van der Waals surface area contributed by atoms with Crippen LogP contribution in [0.5, 0.6) is 0 Å². The van der Waals surface area contributed by atoms with Gasteiger partial charge in [0.15, 0.2) is 0 Å². The Morgan fingerprint density at radius 3 is 2.45 bits per heavy atom. The van der Waals surface area contributed by atoms with Crippen molar-refractivity contribution in [2.75, 3.05) is 13.2 Å². The van der Waals surface area contributed by atoms with E-state index in [9.17, 15) is 0 Å². The first-order chi connectivity index (χ1) is 5.18. The van der Waals surface area contributed by atoms with Crippen molar-refractivity contribution in [3.63, 3.8) is 0 Å². The SMILES string of the molecule is CC1CC2(C1)CC2(CN)CO. The Balaban J connectivity index is 2.02. The molecule has 2 aliphatic carbocycles. The van der Waals surface area contributed by atoms with E-state index in [1.807, 2.05) is 0 Å². The molecule has 0 aromatic rings. The Morgan fingerprint density at radius 2 is 2.18 bits per heavy atom. The number of hydrogen-bond acceptors (Lipinski definition) is 2. The van der Waals surface area contributed by atoms with Gasteiger partial charge < -0.3 is 10.8 Å². The van der Waals surface area contributed by atoms with Gasteiger partial charge in [-0.05, 0) is 30.6 Å². The van der Waals surface area contributed by atoms with E-state index >= 15 is 0 Å². The second-order valence-electron chi connectivity index (χ2n) is 4.61. The maximum atomic E-state index is 9.16. The topological polar surface area (TPSA) is 46.2 Å². The van der Waals surface area contributed by atoms with Crippen LogP contribution in [0, 0.1) is 16.7 Å². The molecular weight excluding hydrogens is 138 g/mol. The first kappa shape index (κ1) is 7.56. The lowest BCUT2D eigenvalue weighted by Crippen LogP contribution is -2.34. The molecule has 0 radical (unpaired) electrons. The predicted octanol–water partition coefficient (Wildman–Crippen LogP) is 0.744. The van der Waals surface area contributed by atoms with E-state index in [1.165, 1.54) is 19.3 Å². The summed E-state index contributed by atoms with van der Waals surface area (Å²) in [5.41, 5.74) is 6.27. The molecule has 2 rings (SSSR count). The molecule has 0 aliphatic heterocycles. The van der Waals surface area contributed by atoms with Crippen LogP contribution in [0.15, 0.2) is 0 Å². The van der Waals surface area contributed by atoms with Crippen molar-refractivity contribution >= 4 is 0 Å². The minimum atomic E-state index is 0.138. The van der Waals surface area contributed by atoms with Crippen LogP contribution in [0.25, 0.3) is 0 Å². The lowest BCUT2D eigenvalue weighted by atomic mass is 9.68. The fourth-order valence-corrected chi connectivity index (χ4v) is 3.03. The summed E-state index contributed by atoms with van der Waals surface area (Å²) >= 11 is 0. The molecule has 3 N–H and O–H groups in total. The minimum absolute atomic E-state index is 0.138.